The molecule has 2 aromatic rings. The zero-order valence-corrected chi connectivity index (χ0v) is 15.6. The number of aromatic nitrogens is 2. The summed E-state index contributed by atoms with van der Waals surface area (Å²) in [5.74, 6) is 0.222. The van der Waals surface area contributed by atoms with Gasteiger partial charge >= 0.3 is 6.09 Å². The molecule has 9 heteroatoms. The number of nitrogens with zero attached hydrogens (tertiary/aromatic N) is 3. The molecule has 1 amide bonds. The van der Waals surface area contributed by atoms with Gasteiger partial charge in [-0.05, 0) is 38.5 Å². The summed E-state index contributed by atoms with van der Waals surface area (Å²) in [6.45, 7) is 4.69. The summed E-state index contributed by atoms with van der Waals surface area (Å²) in [4.78, 5) is 13.9. The highest BCUT2D eigenvalue weighted by Crippen LogP contribution is 2.28. The molecule has 0 fully saturated rings. The molecular weight excluding hydrogens is 360 g/mol. The van der Waals surface area contributed by atoms with Gasteiger partial charge < -0.3 is 14.6 Å². The fourth-order valence-electron chi connectivity index (χ4n) is 2.31. The van der Waals surface area contributed by atoms with Crippen LogP contribution in [-0.4, -0.2) is 40.1 Å². The van der Waals surface area contributed by atoms with E-state index in [1.807, 2.05) is 0 Å². The summed E-state index contributed by atoms with van der Waals surface area (Å²) >= 11 is 0. The van der Waals surface area contributed by atoms with Gasteiger partial charge in [0.15, 0.2) is 11.5 Å². The lowest BCUT2D eigenvalue weighted by Crippen LogP contribution is -2.36. The highest BCUT2D eigenvalue weighted by molar-refractivity contribution is 5.87. The smallest absolute Gasteiger partial charge is 0.415 e. The van der Waals surface area contributed by atoms with Gasteiger partial charge in [0, 0.05) is 6.20 Å². The lowest BCUT2D eigenvalue weighted by atomic mass is 10.2. The maximum Gasteiger partial charge on any atom is 0.415 e. The number of hydrogen-bond acceptors (Lipinski definition) is 5. The quantitative estimate of drug-likeness (QED) is 0.821. The Kier molecular flexibility index (Phi) is 6.24. The number of phenols is 1. The molecule has 148 valence electrons. The molecule has 7 nitrogen and oxygen atoms in total. The standard InChI is InChI=1S/C18H23F2N3O4/c1-18(2,3)27-17(25)23(13-8-21-22(10-13)11-16(19)20)9-12-5-6-14(24)15(7-12)26-4/h5-8,10,16,24H,9,11H2,1-4H3. The summed E-state index contributed by atoms with van der Waals surface area (Å²) in [6, 6.07) is 4.65. The number of carbonyl (C=O) groups is 1. The highest BCUT2D eigenvalue weighted by Gasteiger charge is 2.25. The fraction of sp³-hybridized carbons (Fsp3) is 0.444. The predicted molar refractivity (Wildman–Crippen MR) is 95.3 cm³/mol. The Labute approximate surface area is 156 Å². The number of rotatable bonds is 6. The normalized spacial score (nSPS) is 11.5. The number of amides is 1. The maximum atomic E-state index is 12.7. The maximum absolute atomic E-state index is 12.7. The van der Waals surface area contributed by atoms with Gasteiger partial charge in [0.05, 0.1) is 25.5 Å². The van der Waals surface area contributed by atoms with E-state index in [1.165, 1.54) is 30.5 Å². The Bertz CT molecular complexity index is 787. The van der Waals surface area contributed by atoms with E-state index in [1.54, 1.807) is 32.9 Å². The van der Waals surface area contributed by atoms with Gasteiger partial charge in [0.25, 0.3) is 6.43 Å². The van der Waals surface area contributed by atoms with E-state index in [9.17, 15) is 18.7 Å². The molecule has 0 saturated carbocycles. The third kappa shape index (κ3) is 5.83. The van der Waals surface area contributed by atoms with Crippen molar-refractivity contribution in [2.75, 3.05) is 12.0 Å². The van der Waals surface area contributed by atoms with Crippen LogP contribution in [0.1, 0.15) is 26.3 Å². The van der Waals surface area contributed by atoms with Gasteiger partial charge in [-0.15, -0.1) is 0 Å². The number of aromatic hydroxyl groups is 1. The predicted octanol–water partition coefficient (Wildman–Crippen LogP) is 3.80. The molecule has 1 heterocycles. The van der Waals surface area contributed by atoms with E-state index >= 15 is 0 Å². The molecule has 2 rings (SSSR count). The number of hydrogen-bond donors (Lipinski definition) is 1. The first kappa shape index (κ1) is 20.5. The summed E-state index contributed by atoms with van der Waals surface area (Å²) in [6.07, 6.45) is -0.530. The zero-order valence-electron chi connectivity index (χ0n) is 15.6. The van der Waals surface area contributed by atoms with Crippen molar-refractivity contribution in [2.45, 2.75) is 45.9 Å². The van der Waals surface area contributed by atoms with Crippen molar-refractivity contribution in [2.24, 2.45) is 0 Å². The number of methoxy groups -OCH3 is 1. The number of carbonyl (C=O) groups excluding carboxylic acids is 1. The molecule has 0 radical (unpaired) electrons. The van der Waals surface area contributed by atoms with Crippen LogP contribution in [0.15, 0.2) is 30.6 Å². The van der Waals surface area contributed by atoms with Gasteiger partial charge in [0.2, 0.25) is 0 Å². The monoisotopic (exact) mass is 383 g/mol. The van der Waals surface area contributed by atoms with Crippen molar-refractivity contribution in [1.82, 2.24) is 9.78 Å². The molecule has 0 unspecified atom stereocenters. The summed E-state index contributed by atoms with van der Waals surface area (Å²) < 4.78 is 36.7. The Balaban J connectivity index is 2.32. The fourth-order valence-corrected chi connectivity index (χ4v) is 2.31. The molecule has 1 aromatic carbocycles. The number of halogens is 2. The first-order valence-electron chi connectivity index (χ1n) is 8.26. The largest absolute Gasteiger partial charge is 0.504 e. The van der Waals surface area contributed by atoms with Crippen LogP contribution in [-0.2, 0) is 17.8 Å². The van der Waals surface area contributed by atoms with Gasteiger partial charge in [-0.2, -0.15) is 5.10 Å². The molecule has 0 bridgehead atoms. The highest BCUT2D eigenvalue weighted by atomic mass is 19.3. The van der Waals surface area contributed by atoms with Gasteiger partial charge in [-0.1, -0.05) is 6.07 Å². The number of phenolic OH excluding ortho intramolecular Hbond substituents is 1. The third-order valence-corrected chi connectivity index (χ3v) is 3.46. The molecule has 0 atom stereocenters. The molecule has 0 aliphatic rings. The first-order chi connectivity index (χ1) is 12.6. The van der Waals surface area contributed by atoms with Crippen molar-refractivity contribution < 1.29 is 28.2 Å². The lowest BCUT2D eigenvalue weighted by Gasteiger charge is -2.26. The van der Waals surface area contributed by atoms with Crippen LogP contribution in [0.25, 0.3) is 0 Å². The van der Waals surface area contributed by atoms with Gasteiger partial charge in [-0.25, -0.2) is 13.6 Å². The Morgan fingerprint density at radius 2 is 2.07 bits per heavy atom. The Morgan fingerprint density at radius 3 is 2.67 bits per heavy atom. The molecule has 1 aromatic heterocycles. The van der Waals surface area contributed by atoms with E-state index in [0.29, 0.717) is 11.3 Å². The minimum atomic E-state index is -2.56. The van der Waals surface area contributed by atoms with Crippen molar-refractivity contribution in [3.63, 3.8) is 0 Å². The van der Waals surface area contributed by atoms with E-state index in [2.05, 4.69) is 5.10 Å². The van der Waals surface area contributed by atoms with Crippen molar-refractivity contribution >= 4 is 11.8 Å². The average Bonchev–Trinajstić information content (AvgIpc) is 2.99. The van der Waals surface area contributed by atoms with Crippen LogP contribution in [0.4, 0.5) is 19.3 Å². The Hall–Kier alpha value is -2.84. The molecule has 0 saturated heterocycles. The van der Waals surface area contributed by atoms with Crippen LogP contribution in [0.2, 0.25) is 0 Å². The van der Waals surface area contributed by atoms with Crippen LogP contribution in [0.5, 0.6) is 11.5 Å². The molecule has 0 spiro atoms. The van der Waals surface area contributed by atoms with E-state index in [4.69, 9.17) is 9.47 Å². The van der Waals surface area contributed by atoms with Gasteiger partial charge in [0.1, 0.15) is 12.1 Å². The van der Waals surface area contributed by atoms with E-state index in [0.717, 1.165) is 4.68 Å². The molecule has 27 heavy (non-hydrogen) atoms. The summed E-state index contributed by atoms with van der Waals surface area (Å²) in [5.41, 5.74) is 0.232. The first-order valence-corrected chi connectivity index (χ1v) is 8.26. The molecule has 0 aliphatic heterocycles. The second-order valence-electron chi connectivity index (χ2n) is 6.88. The molecular formula is C18H23F2N3O4. The van der Waals surface area contributed by atoms with Crippen LogP contribution in [0, 0.1) is 0 Å². The van der Waals surface area contributed by atoms with E-state index in [-0.39, 0.29) is 18.0 Å². The number of benzene rings is 1. The minimum absolute atomic E-state index is 0.0326. The van der Waals surface area contributed by atoms with E-state index < -0.39 is 24.7 Å². The topological polar surface area (TPSA) is 76.8 Å². The second-order valence-corrected chi connectivity index (χ2v) is 6.88. The zero-order chi connectivity index (χ0) is 20.2. The number of ether oxygens (including phenoxy) is 2. The van der Waals surface area contributed by atoms with Gasteiger partial charge in [-0.3, -0.25) is 9.58 Å². The third-order valence-electron chi connectivity index (χ3n) is 3.46. The summed E-state index contributed by atoms with van der Waals surface area (Å²) in [5, 5.41) is 13.6. The second kappa shape index (κ2) is 8.24. The van der Waals surface area contributed by atoms with Crippen molar-refractivity contribution in [3.05, 3.63) is 36.2 Å². The SMILES string of the molecule is COc1cc(CN(C(=O)OC(C)(C)C)c2cnn(CC(F)F)c2)ccc1O. The molecule has 0 aliphatic carbocycles. The van der Waals surface area contributed by atoms with Crippen molar-refractivity contribution in [3.8, 4) is 11.5 Å². The number of alkyl halides is 2. The molecule has 1 N–H and O–H groups in total. The van der Waals surface area contributed by atoms with Crippen LogP contribution < -0.4 is 9.64 Å². The lowest BCUT2D eigenvalue weighted by molar-refractivity contribution is 0.0577. The van der Waals surface area contributed by atoms with Crippen LogP contribution in [0.3, 0.4) is 0 Å². The average molecular weight is 383 g/mol. The summed E-state index contributed by atoms with van der Waals surface area (Å²) in [7, 11) is 1.42. The van der Waals surface area contributed by atoms with Crippen molar-refractivity contribution in [1.29, 1.82) is 0 Å². The van der Waals surface area contributed by atoms with Crippen LogP contribution >= 0.6 is 0 Å². The Morgan fingerprint density at radius 1 is 1.37 bits per heavy atom. The number of anilines is 1. The minimum Gasteiger partial charge on any atom is -0.504 e.